The lowest BCUT2D eigenvalue weighted by Gasteiger charge is -2.19. The largest absolute Gasteiger partial charge is 0.492 e. The molecule has 27 heavy (non-hydrogen) atoms. The van der Waals surface area contributed by atoms with Crippen molar-refractivity contribution in [3.8, 4) is 11.6 Å². The number of hydrogen-bond acceptors (Lipinski definition) is 4. The van der Waals surface area contributed by atoms with Gasteiger partial charge >= 0.3 is 0 Å². The number of hydrogen-bond donors (Lipinski definition) is 0. The average molecular weight is 366 g/mol. The van der Waals surface area contributed by atoms with E-state index in [9.17, 15) is 4.39 Å². The van der Waals surface area contributed by atoms with Gasteiger partial charge in [-0.3, -0.25) is 4.90 Å². The van der Waals surface area contributed by atoms with Crippen LogP contribution < -0.4 is 9.47 Å². The quantitative estimate of drug-likeness (QED) is 0.691. The van der Waals surface area contributed by atoms with E-state index in [1.165, 1.54) is 23.1 Å². The summed E-state index contributed by atoms with van der Waals surface area (Å²) in [6, 6.07) is 12.6. The van der Waals surface area contributed by atoms with Crippen LogP contribution in [0, 0.1) is 19.7 Å². The Morgan fingerprint density at radius 3 is 2.70 bits per heavy atom. The van der Waals surface area contributed by atoms with Crippen molar-refractivity contribution in [1.82, 2.24) is 9.88 Å². The molecule has 0 saturated carbocycles. The summed E-state index contributed by atoms with van der Waals surface area (Å²) in [6.07, 6.45) is 0. The van der Waals surface area contributed by atoms with Crippen LogP contribution in [0.25, 0.3) is 10.9 Å². The van der Waals surface area contributed by atoms with Crippen molar-refractivity contribution in [3.05, 3.63) is 65.0 Å². The first-order valence-electron chi connectivity index (χ1n) is 9.23. The van der Waals surface area contributed by atoms with E-state index in [1.54, 1.807) is 12.1 Å². The van der Waals surface area contributed by atoms with E-state index >= 15 is 0 Å². The van der Waals surface area contributed by atoms with Crippen LogP contribution in [0.4, 0.5) is 4.39 Å². The number of benzene rings is 2. The predicted octanol–water partition coefficient (Wildman–Crippen LogP) is 4.26. The normalized spacial score (nSPS) is 14.5. The zero-order valence-corrected chi connectivity index (χ0v) is 15.7. The van der Waals surface area contributed by atoms with E-state index in [2.05, 4.69) is 36.9 Å². The second-order valence-corrected chi connectivity index (χ2v) is 6.98. The molecule has 0 aliphatic carbocycles. The summed E-state index contributed by atoms with van der Waals surface area (Å²) in [5.74, 6) is 1.16. The number of rotatable bonds is 4. The van der Waals surface area contributed by atoms with E-state index in [-0.39, 0.29) is 5.82 Å². The first-order chi connectivity index (χ1) is 13.1. The number of fused-ring (bicyclic) bond motifs is 2. The lowest BCUT2D eigenvalue weighted by Crippen LogP contribution is -2.30. The van der Waals surface area contributed by atoms with Gasteiger partial charge in [0.25, 0.3) is 0 Å². The van der Waals surface area contributed by atoms with Gasteiger partial charge in [-0.15, -0.1) is 0 Å². The maximum absolute atomic E-state index is 13.0. The standard InChI is InChI=1S/C22H23FN2O2/c1-15-3-4-16(2)21-20(15)13-17-14-25(10-12-27-22(17)24-21)9-11-26-19-7-5-18(23)6-8-19/h3-8,13H,9-12,14H2,1-2H3. The predicted molar refractivity (Wildman–Crippen MR) is 104 cm³/mol. The van der Waals surface area contributed by atoms with E-state index in [4.69, 9.17) is 14.5 Å². The molecule has 3 aromatic rings. The number of pyridine rings is 1. The van der Waals surface area contributed by atoms with E-state index in [1.807, 2.05) is 0 Å². The van der Waals surface area contributed by atoms with Gasteiger partial charge in [0.1, 0.15) is 24.8 Å². The molecular weight excluding hydrogens is 343 g/mol. The van der Waals surface area contributed by atoms with Gasteiger partial charge in [0.05, 0.1) is 5.52 Å². The molecule has 140 valence electrons. The molecule has 0 spiro atoms. The molecule has 2 heterocycles. The Morgan fingerprint density at radius 2 is 1.89 bits per heavy atom. The van der Waals surface area contributed by atoms with Crippen LogP contribution in [-0.4, -0.2) is 36.2 Å². The van der Waals surface area contributed by atoms with Crippen molar-refractivity contribution < 1.29 is 13.9 Å². The third kappa shape index (κ3) is 3.88. The minimum Gasteiger partial charge on any atom is -0.492 e. The van der Waals surface area contributed by atoms with Crippen LogP contribution in [0.1, 0.15) is 16.7 Å². The van der Waals surface area contributed by atoms with E-state index in [0.29, 0.717) is 19.0 Å². The molecule has 4 rings (SSSR count). The van der Waals surface area contributed by atoms with Gasteiger partial charge in [-0.25, -0.2) is 9.37 Å². The van der Waals surface area contributed by atoms with Crippen LogP contribution in [0.5, 0.6) is 11.6 Å². The van der Waals surface area contributed by atoms with Crippen LogP contribution in [0.3, 0.4) is 0 Å². The smallest absolute Gasteiger partial charge is 0.218 e. The van der Waals surface area contributed by atoms with Crippen molar-refractivity contribution in [1.29, 1.82) is 0 Å². The summed E-state index contributed by atoms with van der Waals surface area (Å²) in [4.78, 5) is 7.09. The van der Waals surface area contributed by atoms with Gasteiger partial charge in [-0.1, -0.05) is 12.1 Å². The van der Waals surface area contributed by atoms with Gasteiger partial charge in [0.15, 0.2) is 0 Å². The molecule has 0 bridgehead atoms. The molecule has 4 nitrogen and oxygen atoms in total. The van der Waals surface area contributed by atoms with Gasteiger partial charge < -0.3 is 9.47 Å². The number of ether oxygens (including phenoxy) is 2. The highest BCUT2D eigenvalue weighted by Crippen LogP contribution is 2.29. The summed E-state index contributed by atoms with van der Waals surface area (Å²) < 4.78 is 24.6. The van der Waals surface area contributed by atoms with E-state index in [0.717, 1.165) is 42.2 Å². The van der Waals surface area contributed by atoms with Crippen LogP contribution in [0.2, 0.25) is 0 Å². The second kappa shape index (κ2) is 7.53. The monoisotopic (exact) mass is 366 g/mol. The minimum absolute atomic E-state index is 0.256. The number of aromatic nitrogens is 1. The van der Waals surface area contributed by atoms with Crippen molar-refractivity contribution in [2.45, 2.75) is 20.4 Å². The van der Waals surface area contributed by atoms with E-state index < -0.39 is 0 Å². The Labute approximate surface area is 158 Å². The fourth-order valence-corrected chi connectivity index (χ4v) is 3.40. The minimum atomic E-state index is -0.256. The van der Waals surface area contributed by atoms with Crippen molar-refractivity contribution in [3.63, 3.8) is 0 Å². The third-order valence-corrected chi connectivity index (χ3v) is 4.97. The molecule has 0 atom stereocenters. The first-order valence-corrected chi connectivity index (χ1v) is 9.23. The van der Waals surface area contributed by atoms with Crippen molar-refractivity contribution in [2.75, 3.05) is 26.3 Å². The van der Waals surface area contributed by atoms with Crippen molar-refractivity contribution >= 4 is 10.9 Å². The summed E-state index contributed by atoms with van der Waals surface area (Å²) in [7, 11) is 0. The summed E-state index contributed by atoms with van der Waals surface area (Å²) in [6.45, 7) is 7.70. The molecule has 1 aliphatic rings. The molecule has 0 radical (unpaired) electrons. The van der Waals surface area contributed by atoms with Gasteiger partial charge in [-0.2, -0.15) is 0 Å². The van der Waals surface area contributed by atoms with Gasteiger partial charge in [0, 0.05) is 30.6 Å². The van der Waals surface area contributed by atoms with Crippen LogP contribution in [-0.2, 0) is 6.54 Å². The van der Waals surface area contributed by atoms with Gasteiger partial charge in [0.2, 0.25) is 5.88 Å². The van der Waals surface area contributed by atoms with Crippen LogP contribution >= 0.6 is 0 Å². The van der Waals surface area contributed by atoms with Crippen LogP contribution in [0.15, 0.2) is 42.5 Å². The van der Waals surface area contributed by atoms with Gasteiger partial charge in [-0.05, 0) is 55.3 Å². The number of nitrogens with zero attached hydrogens (tertiary/aromatic N) is 2. The Hall–Kier alpha value is -2.66. The highest BCUT2D eigenvalue weighted by Gasteiger charge is 2.18. The zero-order chi connectivity index (χ0) is 18.8. The Bertz CT molecular complexity index is 957. The number of aryl methyl sites for hydroxylation is 2. The Kier molecular flexibility index (Phi) is 4.94. The SMILES string of the molecule is Cc1ccc(C)c2nc3c(cc12)CN(CCOc1ccc(F)cc1)CCO3. The highest BCUT2D eigenvalue weighted by atomic mass is 19.1. The lowest BCUT2D eigenvalue weighted by molar-refractivity contribution is 0.185. The molecule has 0 N–H and O–H groups in total. The molecule has 1 aliphatic heterocycles. The molecule has 1 aromatic heterocycles. The molecule has 0 unspecified atom stereocenters. The molecule has 2 aromatic carbocycles. The Balaban J connectivity index is 1.48. The second-order valence-electron chi connectivity index (χ2n) is 6.98. The summed E-state index contributed by atoms with van der Waals surface area (Å²) in [5.41, 5.74) is 4.51. The average Bonchev–Trinajstić information content (AvgIpc) is 2.87. The molecular formula is C22H23FN2O2. The maximum Gasteiger partial charge on any atom is 0.218 e. The third-order valence-electron chi connectivity index (χ3n) is 4.97. The molecule has 5 heteroatoms. The first kappa shape index (κ1) is 17.7. The Morgan fingerprint density at radius 1 is 1.11 bits per heavy atom. The summed E-state index contributed by atoms with van der Waals surface area (Å²) >= 11 is 0. The fraction of sp³-hybridized carbons (Fsp3) is 0.318. The lowest BCUT2D eigenvalue weighted by atomic mass is 10.0. The number of halogens is 1. The maximum atomic E-state index is 13.0. The molecule has 0 amide bonds. The molecule has 0 saturated heterocycles. The fourth-order valence-electron chi connectivity index (χ4n) is 3.40. The topological polar surface area (TPSA) is 34.6 Å². The van der Waals surface area contributed by atoms with Crippen molar-refractivity contribution in [2.24, 2.45) is 0 Å². The summed E-state index contributed by atoms with van der Waals surface area (Å²) in [5, 5.41) is 1.18. The molecule has 0 fully saturated rings. The zero-order valence-electron chi connectivity index (χ0n) is 15.7. The highest BCUT2D eigenvalue weighted by molar-refractivity contribution is 5.86.